The molecule has 1 aromatic heterocycles. The molecule has 5 heteroatoms. The largest absolute Gasteiger partial charge is 0.481 e. The number of carboxylic acids is 1. The molecule has 0 saturated carbocycles. The molecule has 0 bridgehead atoms. The Bertz CT molecular complexity index is 362. The first-order valence-electron chi connectivity index (χ1n) is 6.04. The zero-order valence-corrected chi connectivity index (χ0v) is 10.6. The number of aromatic nitrogens is 2. The van der Waals surface area contributed by atoms with Gasteiger partial charge in [0.05, 0.1) is 0 Å². The van der Waals surface area contributed by atoms with Gasteiger partial charge in [-0.25, -0.2) is 0 Å². The van der Waals surface area contributed by atoms with Gasteiger partial charge in [-0.05, 0) is 11.8 Å². The van der Waals surface area contributed by atoms with Gasteiger partial charge in [0.2, 0.25) is 11.8 Å². The number of nitrogens with zero attached hydrogens (tertiary/aromatic N) is 2. The van der Waals surface area contributed by atoms with Gasteiger partial charge < -0.3 is 9.52 Å². The van der Waals surface area contributed by atoms with Gasteiger partial charge in [-0.2, -0.15) is 0 Å². The van der Waals surface area contributed by atoms with Crippen LogP contribution in [0.2, 0.25) is 0 Å². The van der Waals surface area contributed by atoms with Crippen molar-refractivity contribution in [1.82, 2.24) is 10.2 Å². The molecule has 0 spiro atoms. The predicted octanol–water partition coefficient (Wildman–Crippen LogP) is 2.31. The second kappa shape index (κ2) is 6.37. The Morgan fingerprint density at radius 2 is 1.76 bits per heavy atom. The number of hydrogen-bond acceptors (Lipinski definition) is 4. The van der Waals surface area contributed by atoms with E-state index in [2.05, 4.69) is 24.0 Å². The summed E-state index contributed by atoms with van der Waals surface area (Å²) in [6, 6.07) is 0. The summed E-state index contributed by atoms with van der Waals surface area (Å²) in [6.45, 7) is 6.13. The summed E-state index contributed by atoms with van der Waals surface area (Å²) < 4.78 is 5.49. The van der Waals surface area contributed by atoms with Crippen molar-refractivity contribution in [3.05, 3.63) is 11.8 Å². The van der Waals surface area contributed by atoms with Crippen molar-refractivity contribution in [2.45, 2.75) is 46.5 Å². The van der Waals surface area contributed by atoms with Gasteiger partial charge in [-0.15, -0.1) is 10.2 Å². The molecule has 96 valence electrons. The van der Waals surface area contributed by atoms with E-state index in [1.54, 1.807) is 0 Å². The summed E-state index contributed by atoms with van der Waals surface area (Å²) in [6.07, 6.45) is 2.52. The lowest BCUT2D eigenvalue weighted by Gasteiger charge is -2.04. The number of aliphatic carboxylic acids is 1. The minimum absolute atomic E-state index is 0.0180. The molecule has 0 saturated heterocycles. The molecule has 1 aromatic rings. The zero-order chi connectivity index (χ0) is 12.8. The molecule has 0 aliphatic rings. The highest BCUT2D eigenvalue weighted by Crippen LogP contribution is 2.14. The lowest BCUT2D eigenvalue weighted by Crippen LogP contribution is -2.07. The Morgan fingerprint density at radius 3 is 2.24 bits per heavy atom. The number of carboxylic acid groups (broad SMARTS) is 1. The number of hydrogen-bond donors (Lipinski definition) is 1. The molecule has 1 N–H and O–H groups in total. The van der Waals surface area contributed by atoms with Crippen LogP contribution in [0, 0.1) is 11.8 Å². The third-order valence-electron chi connectivity index (χ3n) is 2.77. The van der Waals surface area contributed by atoms with Gasteiger partial charge in [0.25, 0.3) is 0 Å². The predicted molar refractivity (Wildman–Crippen MR) is 62.6 cm³/mol. The zero-order valence-electron chi connectivity index (χ0n) is 10.6. The molecule has 0 fully saturated rings. The molecular formula is C12H20N2O3. The first-order valence-corrected chi connectivity index (χ1v) is 6.04. The van der Waals surface area contributed by atoms with E-state index in [-0.39, 0.29) is 12.3 Å². The van der Waals surface area contributed by atoms with E-state index in [1.165, 1.54) is 0 Å². The van der Waals surface area contributed by atoms with Gasteiger partial charge in [-0.3, -0.25) is 4.79 Å². The topological polar surface area (TPSA) is 76.2 Å². The minimum atomic E-state index is -0.795. The van der Waals surface area contributed by atoms with Crippen molar-refractivity contribution in [1.29, 1.82) is 0 Å². The fourth-order valence-corrected chi connectivity index (χ4v) is 1.56. The van der Waals surface area contributed by atoms with Gasteiger partial charge in [0, 0.05) is 19.3 Å². The highest BCUT2D eigenvalue weighted by atomic mass is 16.4. The Morgan fingerprint density at radius 1 is 1.24 bits per heavy atom. The second-order valence-electron chi connectivity index (χ2n) is 4.71. The molecule has 0 aliphatic carbocycles. The van der Waals surface area contributed by atoms with E-state index in [4.69, 9.17) is 9.52 Å². The van der Waals surface area contributed by atoms with Crippen LogP contribution in [0.1, 0.15) is 45.4 Å². The van der Waals surface area contributed by atoms with E-state index < -0.39 is 5.97 Å². The molecule has 0 aromatic carbocycles. The average Bonchev–Trinajstić information content (AvgIpc) is 2.63. The Balaban J connectivity index is 2.47. The van der Waals surface area contributed by atoms with E-state index in [0.717, 1.165) is 12.8 Å². The van der Waals surface area contributed by atoms with Crippen molar-refractivity contribution in [3.8, 4) is 0 Å². The lowest BCUT2D eigenvalue weighted by molar-refractivity contribution is -0.137. The normalized spacial score (nSPS) is 14.5. The minimum Gasteiger partial charge on any atom is -0.481 e. The third kappa shape index (κ3) is 4.97. The molecule has 0 radical (unpaired) electrons. The molecule has 17 heavy (non-hydrogen) atoms. The van der Waals surface area contributed by atoms with Crippen molar-refractivity contribution in [2.75, 3.05) is 0 Å². The molecule has 2 unspecified atom stereocenters. The highest BCUT2D eigenvalue weighted by molar-refractivity contribution is 5.66. The molecule has 5 nitrogen and oxygen atoms in total. The van der Waals surface area contributed by atoms with Crippen LogP contribution in [0.25, 0.3) is 0 Å². The van der Waals surface area contributed by atoms with Crippen LogP contribution in [0.15, 0.2) is 4.42 Å². The van der Waals surface area contributed by atoms with E-state index >= 15 is 0 Å². The van der Waals surface area contributed by atoms with Gasteiger partial charge in [0.15, 0.2) is 0 Å². The van der Waals surface area contributed by atoms with Crippen LogP contribution >= 0.6 is 0 Å². The number of rotatable bonds is 7. The molecule has 1 heterocycles. The Labute approximate surface area is 101 Å². The fourth-order valence-electron chi connectivity index (χ4n) is 1.56. The maximum absolute atomic E-state index is 10.5. The first kappa shape index (κ1) is 13.7. The second-order valence-corrected chi connectivity index (χ2v) is 4.71. The standard InChI is InChI=1S/C12H20N2O3/c1-4-8(2)5-10-13-14-11(17-10)6-9(3)7-12(15)16/h8-9H,4-7H2,1-3H3,(H,15,16). The van der Waals surface area contributed by atoms with Crippen LogP contribution < -0.4 is 0 Å². The Hall–Kier alpha value is -1.39. The summed E-state index contributed by atoms with van der Waals surface area (Å²) in [5.41, 5.74) is 0. The molecule has 0 amide bonds. The lowest BCUT2D eigenvalue weighted by atomic mass is 10.0. The summed E-state index contributed by atoms with van der Waals surface area (Å²) >= 11 is 0. The Kier molecular flexibility index (Phi) is 5.12. The monoisotopic (exact) mass is 240 g/mol. The maximum atomic E-state index is 10.5. The summed E-state index contributed by atoms with van der Waals surface area (Å²) in [5.74, 6) is 0.940. The van der Waals surface area contributed by atoms with Crippen LogP contribution in [0.5, 0.6) is 0 Å². The van der Waals surface area contributed by atoms with Gasteiger partial charge in [0.1, 0.15) is 0 Å². The molecule has 2 atom stereocenters. The van der Waals surface area contributed by atoms with Crippen molar-refractivity contribution in [3.63, 3.8) is 0 Å². The third-order valence-corrected chi connectivity index (χ3v) is 2.77. The van der Waals surface area contributed by atoms with Gasteiger partial charge >= 0.3 is 5.97 Å². The van der Waals surface area contributed by atoms with E-state index in [1.807, 2.05) is 6.92 Å². The SMILES string of the molecule is CCC(C)Cc1nnc(CC(C)CC(=O)O)o1. The molecule has 1 rings (SSSR count). The first-order chi connectivity index (χ1) is 8.01. The highest BCUT2D eigenvalue weighted by Gasteiger charge is 2.14. The number of carbonyl (C=O) groups is 1. The van der Waals surface area contributed by atoms with Crippen molar-refractivity contribution >= 4 is 5.97 Å². The van der Waals surface area contributed by atoms with E-state index in [0.29, 0.717) is 24.1 Å². The summed E-state index contributed by atoms with van der Waals surface area (Å²) in [4.78, 5) is 10.5. The summed E-state index contributed by atoms with van der Waals surface area (Å²) in [5, 5.41) is 16.6. The van der Waals surface area contributed by atoms with Gasteiger partial charge in [-0.1, -0.05) is 27.2 Å². The van der Waals surface area contributed by atoms with Crippen LogP contribution in [0.4, 0.5) is 0 Å². The quantitative estimate of drug-likeness (QED) is 0.791. The van der Waals surface area contributed by atoms with Crippen LogP contribution in [-0.2, 0) is 17.6 Å². The maximum Gasteiger partial charge on any atom is 0.303 e. The molecular weight excluding hydrogens is 220 g/mol. The van der Waals surface area contributed by atoms with Crippen LogP contribution in [0.3, 0.4) is 0 Å². The average molecular weight is 240 g/mol. The van der Waals surface area contributed by atoms with E-state index in [9.17, 15) is 4.79 Å². The van der Waals surface area contributed by atoms with Crippen molar-refractivity contribution < 1.29 is 14.3 Å². The van der Waals surface area contributed by atoms with Crippen LogP contribution in [-0.4, -0.2) is 21.3 Å². The summed E-state index contributed by atoms with van der Waals surface area (Å²) in [7, 11) is 0. The van der Waals surface area contributed by atoms with Crippen molar-refractivity contribution in [2.24, 2.45) is 11.8 Å². The fraction of sp³-hybridized carbons (Fsp3) is 0.750. The molecule has 0 aliphatic heterocycles. The smallest absolute Gasteiger partial charge is 0.303 e.